The topological polar surface area (TPSA) is 38.3 Å². The number of rotatable bonds is 4. The van der Waals surface area contributed by atoms with Gasteiger partial charge in [-0.1, -0.05) is 0 Å². The van der Waals surface area contributed by atoms with Crippen LogP contribution in [0.3, 0.4) is 0 Å². The highest BCUT2D eigenvalue weighted by molar-refractivity contribution is 7.78. The molecular weight excluding hydrogens is 293 g/mol. The summed E-state index contributed by atoms with van der Waals surface area (Å²) < 4.78 is 5.31. The molecule has 1 aromatic rings. The number of methoxy groups -OCH3 is 1. The van der Waals surface area contributed by atoms with Crippen LogP contribution >= 0.6 is 7.26 Å². The van der Waals surface area contributed by atoms with Gasteiger partial charge in [-0.15, -0.1) is 0 Å². The summed E-state index contributed by atoms with van der Waals surface area (Å²) in [5.41, 5.74) is 3.13. The lowest BCUT2D eigenvalue weighted by Gasteiger charge is -2.27. The van der Waals surface area contributed by atoms with Gasteiger partial charge >= 0.3 is 0 Å². The van der Waals surface area contributed by atoms with Gasteiger partial charge in [-0.2, -0.15) is 0 Å². The molecule has 1 aliphatic heterocycles. The van der Waals surface area contributed by atoms with Crippen molar-refractivity contribution in [3.05, 3.63) is 23.3 Å². The number of carbonyl (C=O) groups excluding carboxylic acids is 1. The molecule has 0 radical (unpaired) electrons. The van der Waals surface area contributed by atoms with E-state index in [1.54, 1.807) is 7.11 Å². The third kappa shape index (κ3) is 2.44. The SMILES string of the molecule is COc1cc(C)c(NC(=O)C2([P+]3(C)CCCC3)CC2)c(C)c1. The lowest BCUT2D eigenvalue weighted by atomic mass is 10.1. The maximum atomic E-state index is 13.0. The maximum Gasteiger partial charge on any atom is 0.268 e. The zero-order valence-electron chi connectivity index (χ0n) is 14.2. The summed E-state index contributed by atoms with van der Waals surface area (Å²) in [7, 11) is 0.590. The highest BCUT2D eigenvalue weighted by Gasteiger charge is 2.68. The number of nitrogens with one attached hydrogen (secondary N) is 1. The van der Waals surface area contributed by atoms with E-state index in [1.807, 2.05) is 26.0 Å². The van der Waals surface area contributed by atoms with Gasteiger partial charge in [0.2, 0.25) is 0 Å². The number of anilines is 1. The first-order valence-corrected chi connectivity index (χ1v) is 10.8. The highest BCUT2D eigenvalue weighted by Crippen LogP contribution is 2.78. The molecule has 2 fully saturated rings. The van der Waals surface area contributed by atoms with Gasteiger partial charge in [-0.3, -0.25) is 4.79 Å². The smallest absolute Gasteiger partial charge is 0.268 e. The second-order valence-electron chi connectivity index (χ2n) is 7.17. The summed E-state index contributed by atoms with van der Waals surface area (Å²) in [5, 5.41) is 3.26. The number of ether oxygens (including phenoxy) is 1. The van der Waals surface area contributed by atoms with Crippen molar-refractivity contribution in [1.29, 1.82) is 0 Å². The molecule has 1 saturated heterocycles. The van der Waals surface area contributed by atoms with Crippen molar-refractivity contribution < 1.29 is 9.53 Å². The normalized spacial score (nSPS) is 21.5. The van der Waals surface area contributed by atoms with E-state index in [0.717, 1.165) is 35.4 Å². The summed E-state index contributed by atoms with van der Waals surface area (Å²) >= 11 is 0. The monoisotopic (exact) mass is 320 g/mol. The Hall–Kier alpha value is -1.08. The maximum absolute atomic E-state index is 13.0. The molecule has 1 amide bonds. The van der Waals surface area contributed by atoms with Crippen LogP contribution in [-0.2, 0) is 4.79 Å². The number of hydrogen-bond acceptors (Lipinski definition) is 2. The largest absolute Gasteiger partial charge is 0.497 e. The Bertz CT molecular complexity index is 578. The molecule has 3 nitrogen and oxygen atoms in total. The Morgan fingerprint density at radius 3 is 2.18 bits per heavy atom. The van der Waals surface area contributed by atoms with Crippen molar-refractivity contribution >= 4 is 18.9 Å². The van der Waals surface area contributed by atoms with Crippen LogP contribution in [0.1, 0.15) is 36.8 Å². The number of carbonyl (C=O) groups is 1. The number of hydrogen-bond donors (Lipinski definition) is 1. The van der Waals surface area contributed by atoms with E-state index in [1.165, 1.54) is 25.2 Å². The minimum Gasteiger partial charge on any atom is -0.497 e. The fourth-order valence-corrected chi connectivity index (χ4v) is 8.72. The third-order valence-electron chi connectivity index (χ3n) is 5.71. The number of benzene rings is 1. The molecular formula is C18H27NO2P+. The van der Waals surface area contributed by atoms with Gasteiger partial charge in [-0.05, 0) is 49.9 Å². The Morgan fingerprint density at radius 2 is 1.73 bits per heavy atom. The van der Waals surface area contributed by atoms with Crippen molar-refractivity contribution in [2.75, 3.05) is 31.4 Å². The lowest BCUT2D eigenvalue weighted by Crippen LogP contribution is -2.33. The van der Waals surface area contributed by atoms with Crippen molar-refractivity contribution in [2.45, 2.75) is 44.7 Å². The Morgan fingerprint density at radius 1 is 1.18 bits per heavy atom. The highest BCUT2D eigenvalue weighted by atomic mass is 31.2. The fourth-order valence-electron chi connectivity index (χ4n) is 4.06. The van der Waals surface area contributed by atoms with Crippen molar-refractivity contribution in [3.63, 3.8) is 0 Å². The van der Waals surface area contributed by atoms with Crippen LogP contribution in [0.2, 0.25) is 0 Å². The predicted octanol–water partition coefficient (Wildman–Crippen LogP) is 4.22. The number of aryl methyl sites for hydroxylation is 2. The van der Waals surface area contributed by atoms with Gasteiger partial charge in [-0.25, -0.2) is 0 Å². The second kappa shape index (κ2) is 5.53. The average Bonchev–Trinajstić information content (AvgIpc) is 3.20. The van der Waals surface area contributed by atoms with E-state index < -0.39 is 7.26 Å². The predicted molar refractivity (Wildman–Crippen MR) is 94.9 cm³/mol. The van der Waals surface area contributed by atoms with Gasteiger partial charge in [0.25, 0.3) is 5.91 Å². The standard InChI is InChI=1S/C18H26NO2P/c1-13-11-15(21-3)12-14(2)16(13)19-17(20)18(7-8-18)22(4)9-5-6-10-22/h11-12H,5-10H2,1-4H3/p+1. The molecule has 2 aliphatic rings. The first-order valence-electron chi connectivity index (χ1n) is 8.23. The van der Waals surface area contributed by atoms with Crippen LogP contribution in [0.15, 0.2) is 12.1 Å². The first kappa shape index (κ1) is 15.8. The molecule has 3 rings (SSSR count). The quantitative estimate of drug-likeness (QED) is 0.843. The van der Waals surface area contributed by atoms with Crippen LogP contribution in [0, 0.1) is 13.8 Å². The molecule has 0 bridgehead atoms. The second-order valence-corrected chi connectivity index (χ2v) is 11.7. The minimum absolute atomic E-state index is 0.0116. The zero-order chi connectivity index (χ0) is 16.0. The van der Waals surface area contributed by atoms with Gasteiger partial charge in [0.15, 0.2) is 5.16 Å². The molecule has 1 heterocycles. The van der Waals surface area contributed by atoms with E-state index in [9.17, 15) is 4.79 Å². The van der Waals surface area contributed by atoms with Crippen LogP contribution in [0.25, 0.3) is 0 Å². The van der Waals surface area contributed by atoms with Crippen LogP contribution in [0.5, 0.6) is 5.75 Å². The molecule has 22 heavy (non-hydrogen) atoms. The molecule has 0 atom stereocenters. The fraction of sp³-hybridized carbons (Fsp3) is 0.611. The molecule has 1 aliphatic carbocycles. The van der Waals surface area contributed by atoms with E-state index in [-0.39, 0.29) is 11.1 Å². The molecule has 0 spiro atoms. The first-order chi connectivity index (χ1) is 10.4. The van der Waals surface area contributed by atoms with Gasteiger partial charge in [0.1, 0.15) is 5.75 Å². The molecule has 1 N–H and O–H groups in total. The van der Waals surface area contributed by atoms with Crippen molar-refractivity contribution in [3.8, 4) is 5.75 Å². The van der Waals surface area contributed by atoms with Gasteiger partial charge in [0.05, 0.1) is 19.4 Å². The van der Waals surface area contributed by atoms with E-state index in [0.29, 0.717) is 0 Å². The van der Waals surface area contributed by atoms with E-state index in [4.69, 9.17) is 4.74 Å². The Kier molecular flexibility index (Phi) is 3.97. The van der Waals surface area contributed by atoms with E-state index >= 15 is 0 Å². The average molecular weight is 320 g/mol. The Labute approximate surface area is 134 Å². The molecule has 4 heteroatoms. The molecule has 120 valence electrons. The molecule has 0 aromatic heterocycles. The summed E-state index contributed by atoms with van der Waals surface area (Å²) in [5.74, 6) is 1.13. The minimum atomic E-state index is -1.09. The summed E-state index contributed by atoms with van der Waals surface area (Å²) in [6, 6.07) is 3.99. The zero-order valence-corrected chi connectivity index (χ0v) is 15.1. The summed E-state index contributed by atoms with van der Waals surface area (Å²) in [6.07, 6.45) is 7.44. The summed E-state index contributed by atoms with van der Waals surface area (Å²) in [4.78, 5) is 13.0. The molecule has 1 saturated carbocycles. The van der Waals surface area contributed by atoms with Crippen molar-refractivity contribution in [1.82, 2.24) is 0 Å². The van der Waals surface area contributed by atoms with Crippen LogP contribution in [-0.4, -0.2) is 37.2 Å². The van der Waals surface area contributed by atoms with Crippen LogP contribution < -0.4 is 10.1 Å². The van der Waals surface area contributed by atoms with Gasteiger partial charge in [0, 0.05) is 32.5 Å². The van der Waals surface area contributed by atoms with Gasteiger partial charge < -0.3 is 10.1 Å². The van der Waals surface area contributed by atoms with E-state index in [2.05, 4.69) is 12.0 Å². The Balaban J connectivity index is 1.83. The summed E-state index contributed by atoms with van der Waals surface area (Å²) in [6.45, 7) is 6.51. The lowest BCUT2D eigenvalue weighted by molar-refractivity contribution is -0.116. The third-order valence-corrected chi connectivity index (χ3v) is 11.0. The molecule has 0 unspecified atom stereocenters. The van der Waals surface area contributed by atoms with Crippen LogP contribution in [0.4, 0.5) is 5.69 Å². The number of amides is 1. The molecule has 1 aromatic carbocycles. The van der Waals surface area contributed by atoms with Crippen molar-refractivity contribution in [2.24, 2.45) is 0 Å².